The van der Waals surface area contributed by atoms with Crippen LogP contribution in [0.25, 0.3) is 0 Å². The van der Waals surface area contributed by atoms with Gasteiger partial charge in [0.2, 0.25) is 0 Å². The van der Waals surface area contributed by atoms with Gasteiger partial charge in [0.05, 0.1) is 5.69 Å². The molecule has 0 atom stereocenters. The van der Waals surface area contributed by atoms with Crippen LogP contribution < -0.4 is 5.48 Å². The second kappa shape index (κ2) is 5.67. The number of hydroxylamine groups is 1. The summed E-state index contributed by atoms with van der Waals surface area (Å²) in [6.45, 7) is 2.47. The predicted molar refractivity (Wildman–Crippen MR) is 53.1 cm³/mol. The zero-order chi connectivity index (χ0) is 9.52. The first-order valence-electron chi connectivity index (χ1n) is 4.66. The summed E-state index contributed by atoms with van der Waals surface area (Å²) in [6.07, 6.45) is 5.06. The number of nitrogens with one attached hydrogen (secondary N) is 1. The van der Waals surface area contributed by atoms with Crippen molar-refractivity contribution in [3.63, 3.8) is 0 Å². The van der Waals surface area contributed by atoms with Crippen molar-refractivity contribution in [2.24, 2.45) is 0 Å². The Balaban J connectivity index is 2.66. The highest BCUT2D eigenvalue weighted by Crippen LogP contribution is 2.08. The molecular weight excluding hydrogens is 164 g/mol. The fourth-order valence-corrected chi connectivity index (χ4v) is 1.29. The van der Waals surface area contributed by atoms with Crippen LogP contribution in [0, 0.1) is 5.21 Å². The van der Waals surface area contributed by atoms with E-state index in [-0.39, 0.29) is 0 Å². The predicted octanol–water partition coefficient (Wildman–Crippen LogP) is 2.01. The largest absolute Gasteiger partial charge is 0.787 e. The van der Waals surface area contributed by atoms with Crippen molar-refractivity contribution in [2.45, 2.75) is 32.7 Å². The second-order valence-corrected chi connectivity index (χ2v) is 3.03. The van der Waals surface area contributed by atoms with Gasteiger partial charge in [0.15, 0.2) is 0 Å². The van der Waals surface area contributed by atoms with E-state index in [9.17, 15) is 5.21 Å². The topological polar surface area (TPSA) is 48.0 Å². The maximum absolute atomic E-state index is 10.2. The number of aryl methyl sites for hydroxylation is 1. The van der Waals surface area contributed by atoms with E-state index < -0.39 is 0 Å². The highest BCUT2D eigenvalue weighted by molar-refractivity contribution is 5.19. The number of aromatic nitrogens is 1. The molecule has 72 valence electrons. The zero-order valence-corrected chi connectivity index (χ0v) is 7.92. The molecule has 0 aliphatic rings. The second-order valence-electron chi connectivity index (χ2n) is 3.03. The lowest BCUT2D eigenvalue weighted by Crippen LogP contribution is -2.07. The third-order valence-electron chi connectivity index (χ3n) is 2.02. The van der Waals surface area contributed by atoms with Gasteiger partial charge in [-0.1, -0.05) is 19.4 Å². The maximum atomic E-state index is 10.2. The van der Waals surface area contributed by atoms with Crippen LogP contribution in [0.3, 0.4) is 0 Å². The van der Waals surface area contributed by atoms with Crippen LogP contribution >= 0.6 is 0 Å². The van der Waals surface area contributed by atoms with Crippen molar-refractivity contribution in [1.82, 2.24) is 10.5 Å². The van der Waals surface area contributed by atoms with Crippen molar-refractivity contribution >= 4 is 0 Å². The summed E-state index contributed by atoms with van der Waals surface area (Å²) in [5.74, 6) is 0. The van der Waals surface area contributed by atoms with E-state index in [0.717, 1.165) is 18.5 Å². The molecule has 0 spiro atoms. The first-order chi connectivity index (χ1) is 6.38. The Hall–Kier alpha value is -0.930. The Bertz CT molecular complexity index is 250. The van der Waals surface area contributed by atoms with Crippen molar-refractivity contribution in [2.75, 3.05) is 0 Å². The van der Waals surface area contributed by atoms with Gasteiger partial charge in [0, 0.05) is 12.7 Å². The normalized spacial score (nSPS) is 10.3. The standard InChI is InChI=1S/C10H15N2O/c1-2-3-5-9-6-4-7-11-10(9)8-12-13/h4,6-7,12H,2-3,5,8H2,1H3/q-1. The molecule has 1 aromatic heterocycles. The molecule has 1 rings (SSSR count). The van der Waals surface area contributed by atoms with Crippen LogP contribution in [0.2, 0.25) is 0 Å². The Kier molecular flexibility index (Phi) is 4.43. The molecule has 0 unspecified atom stereocenters. The molecular formula is C10H15N2O-. The molecule has 1 N–H and O–H groups in total. The minimum Gasteiger partial charge on any atom is -0.787 e. The molecule has 0 amide bonds. The number of hydrogen-bond donors (Lipinski definition) is 1. The average Bonchev–Trinajstić information content (AvgIpc) is 2.17. The molecule has 0 saturated heterocycles. The summed E-state index contributed by atoms with van der Waals surface area (Å²) in [5, 5.41) is 10.2. The molecule has 1 heterocycles. The quantitative estimate of drug-likeness (QED) is 0.703. The monoisotopic (exact) mass is 179 g/mol. The molecule has 0 aromatic carbocycles. The summed E-state index contributed by atoms with van der Waals surface area (Å²) in [6, 6.07) is 3.95. The Morgan fingerprint density at radius 2 is 2.38 bits per heavy atom. The summed E-state index contributed by atoms with van der Waals surface area (Å²) in [5.41, 5.74) is 3.96. The van der Waals surface area contributed by atoms with Gasteiger partial charge in [-0.3, -0.25) is 4.98 Å². The third kappa shape index (κ3) is 3.13. The van der Waals surface area contributed by atoms with Crippen LogP contribution in [-0.4, -0.2) is 4.98 Å². The molecule has 0 fully saturated rings. The van der Waals surface area contributed by atoms with E-state index in [0.29, 0.717) is 6.54 Å². The van der Waals surface area contributed by atoms with Crippen molar-refractivity contribution < 1.29 is 0 Å². The zero-order valence-electron chi connectivity index (χ0n) is 7.92. The minimum absolute atomic E-state index is 0.319. The van der Waals surface area contributed by atoms with Crippen LogP contribution in [0.15, 0.2) is 18.3 Å². The smallest absolute Gasteiger partial charge is 0.0564 e. The lowest BCUT2D eigenvalue weighted by Gasteiger charge is -2.10. The Morgan fingerprint density at radius 1 is 1.54 bits per heavy atom. The van der Waals surface area contributed by atoms with Gasteiger partial charge in [-0.05, 0) is 24.5 Å². The van der Waals surface area contributed by atoms with Crippen molar-refractivity contribution in [3.05, 3.63) is 34.8 Å². The van der Waals surface area contributed by atoms with E-state index in [2.05, 4.69) is 11.9 Å². The van der Waals surface area contributed by atoms with Crippen LogP contribution in [0.5, 0.6) is 0 Å². The number of rotatable bonds is 5. The van der Waals surface area contributed by atoms with E-state index in [4.69, 9.17) is 0 Å². The highest BCUT2D eigenvalue weighted by Gasteiger charge is 1.99. The number of unbranched alkanes of at least 4 members (excludes halogenated alkanes) is 1. The summed E-state index contributed by atoms with van der Waals surface area (Å²) in [7, 11) is 0. The van der Waals surface area contributed by atoms with Crippen LogP contribution in [0.1, 0.15) is 31.0 Å². The molecule has 3 heteroatoms. The fraction of sp³-hybridized carbons (Fsp3) is 0.500. The number of hydrogen-bond acceptors (Lipinski definition) is 3. The molecule has 0 aliphatic heterocycles. The molecule has 1 aromatic rings. The molecule has 0 aliphatic carbocycles. The molecule has 3 nitrogen and oxygen atoms in total. The highest BCUT2D eigenvalue weighted by atomic mass is 16.5. The number of nitrogens with zero attached hydrogens (tertiary/aromatic N) is 1. The van der Waals surface area contributed by atoms with Crippen molar-refractivity contribution in [3.8, 4) is 0 Å². The van der Waals surface area contributed by atoms with Gasteiger partial charge in [-0.15, -0.1) is 0 Å². The fourth-order valence-electron chi connectivity index (χ4n) is 1.29. The lowest BCUT2D eigenvalue weighted by atomic mass is 10.1. The van der Waals surface area contributed by atoms with Crippen LogP contribution in [0.4, 0.5) is 0 Å². The summed E-state index contributed by atoms with van der Waals surface area (Å²) >= 11 is 0. The molecule has 0 radical (unpaired) electrons. The van der Waals surface area contributed by atoms with Gasteiger partial charge < -0.3 is 10.7 Å². The first-order valence-corrected chi connectivity index (χ1v) is 4.66. The molecule has 0 bridgehead atoms. The van der Waals surface area contributed by atoms with E-state index in [1.54, 1.807) is 6.20 Å². The van der Waals surface area contributed by atoms with Gasteiger partial charge in [0.1, 0.15) is 0 Å². The Morgan fingerprint density at radius 3 is 3.08 bits per heavy atom. The summed E-state index contributed by atoms with van der Waals surface area (Å²) in [4.78, 5) is 4.16. The van der Waals surface area contributed by atoms with E-state index in [1.807, 2.05) is 17.6 Å². The van der Waals surface area contributed by atoms with Gasteiger partial charge in [-0.2, -0.15) is 0 Å². The number of pyridine rings is 1. The van der Waals surface area contributed by atoms with Gasteiger partial charge in [-0.25, -0.2) is 0 Å². The van der Waals surface area contributed by atoms with E-state index in [1.165, 1.54) is 12.0 Å². The first kappa shape index (κ1) is 10.2. The maximum Gasteiger partial charge on any atom is 0.0564 e. The Labute approximate surface area is 78.8 Å². The summed E-state index contributed by atoms with van der Waals surface area (Å²) < 4.78 is 0. The van der Waals surface area contributed by atoms with Gasteiger partial charge >= 0.3 is 0 Å². The SMILES string of the molecule is CCCCc1cccnc1CN[O-]. The van der Waals surface area contributed by atoms with Gasteiger partial charge in [0.25, 0.3) is 0 Å². The lowest BCUT2D eigenvalue weighted by molar-refractivity contribution is 0.759. The molecule has 0 saturated carbocycles. The molecule has 13 heavy (non-hydrogen) atoms. The van der Waals surface area contributed by atoms with Crippen molar-refractivity contribution in [1.29, 1.82) is 0 Å². The minimum atomic E-state index is 0.319. The van der Waals surface area contributed by atoms with Crippen LogP contribution in [-0.2, 0) is 13.0 Å². The van der Waals surface area contributed by atoms with E-state index >= 15 is 0 Å². The third-order valence-corrected chi connectivity index (χ3v) is 2.02. The average molecular weight is 179 g/mol.